The zero-order valence-electron chi connectivity index (χ0n) is 11.6. The monoisotopic (exact) mass is 374 g/mol. The molecule has 0 aliphatic heterocycles. The molecule has 0 aliphatic carbocycles. The van der Waals surface area contributed by atoms with Crippen molar-refractivity contribution in [1.29, 1.82) is 0 Å². The van der Waals surface area contributed by atoms with E-state index in [1.54, 1.807) is 6.20 Å². The summed E-state index contributed by atoms with van der Waals surface area (Å²) < 4.78 is 0.861. The SMILES string of the molecule is CSc1ncc2cc(-c3ccccc3Br)c(C(N)=O)nc2n1. The van der Waals surface area contributed by atoms with E-state index in [2.05, 4.69) is 30.9 Å². The van der Waals surface area contributed by atoms with E-state index in [-0.39, 0.29) is 5.69 Å². The Morgan fingerprint density at radius 2 is 2.00 bits per heavy atom. The first-order chi connectivity index (χ1) is 10.6. The van der Waals surface area contributed by atoms with Crippen LogP contribution in [0.2, 0.25) is 0 Å². The molecular formula is C15H11BrN4OS. The Morgan fingerprint density at radius 1 is 1.23 bits per heavy atom. The molecule has 0 fully saturated rings. The molecule has 1 aromatic carbocycles. The number of thioether (sulfide) groups is 1. The van der Waals surface area contributed by atoms with Crippen molar-refractivity contribution in [3.63, 3.8) is 0 Å². The lowest BCUT2D eigenvalue weighted by Gasteiger charge is -2.10. The summed E-state index contributed by atoms with van der Waals surface area (Å²) in [6.45, 7) is 0. The van der Waals surface area contributed by atoms with Gasteiger partial charge in [-0.2, -0.15) is 0 Å². The van der Waals surface area contributed by atoms with Crippen LogP contribution in [0.25, 0.3) is 22.2 Å². The number of fused-ring (bicyclic) bond motifs is 1. The number of carbonyl (C=O) groups excluding carboxylic acids is 1. The minimum absolute atomic E-state index is 0.199. The smallest absolute Gasteiger partial charge is 0.268 e. The van der Waals surface area contributed by atoms with Gasteiger partial charge in [-0.05, 0) is 24.0 Å². The van der Waals surface area contributed by atoms with Gasteiger partial charge in [0, 0.05) is 21.6 Å². The van der Waals surface area contributed by atoms with Crippen molar-refractivity contribution < 1.29 is 4.79 Å². The zero-order valence-corrected chi connectivity index (χ0v) is 14.0. The van der Waals surface area contributed by atoms with Gasteiger partial charge in [0.1, 0.15) is 5.69 Å². The van der Waals surface area contributed by atoms with Crippen LogP contribution in [0.3, 0.4) is 0 Å². The summed E-state index contributed by atoms with van der Waals surface area (Å²) in [5.74, 6) is -0.586. The maximum atomic E-state index is 11.8. The molecule has 0 saturated heterocycles. The van der Waals surface area contributed by atoms with Crippen LogP contribution in [-0.2, 0) is 0 Å². The second-order valence-corrected chi connectivity index (χ2v) is 6.13. The lowest BCUT2D eigenvalue weighted by molar-refractivity contribution is 0.0996. The third kappa shape index (κ3) is 2.69. The Balaban J connectivity index is 2.31. The predicted molar refractivity (Wildman–Crippen MR) is 90.8 cm³/mol. The minimum Gasteiger partial charge on any atom is -0.364 e. The topological polar surface area (TPSA) is 81.8 Å². The van der Waals surface area contributed by atoms with E-state index in [0.717, 1.165) is 15.4 Å². The Kier molecular flexibility index (Phi) is 4.08. The molecular weight excluding hydrogens is 364 g/mol. The third-order valence-electron chi connectivity index (χ3n) is 3.13. The highest BCUT2D eigenvalue weighted by molar-refractivity contribution is 9.10. The van der Waals surface area contributed by atoms with Gasteiger partial charge in [-0.3, -0.25) is 4.79 Å². The van der Waals surface area contributed by atoms with Gasteiger partial charge in [-0.15, -0.1) is 0 Å². The maximum Gasteiger partial charge on any atom is 0.268 e. The lowest BCUT2D eigenvalue weighted by atomic mass is 10.0. The van der Waals surface area contributed by atoms with Crippen molar-refractivity contribution in [2.24, 2.45) is 5.73 Å². The van der Waals surface area contributed by atoms with Crippen LogP contribution in [0.15, 0.2) is 46.2 Å². The van der Waals surface area contributed by atoms with Crippen molar-refractivity contribution in [3.8, 4) is 11.1 Å². The van der Waals surface area contributed by atoms with Crippen LogP contribution in [0.5, 0.6) is 0 Å². The molecule has 22 heavy (non-hydrogen) atoms. The number of pyridine rings is 1. The number of nitrogens with zero attached hydrogens (tertiary/aromatic N) is 3. The Morgan fingerprint density at radius 3 is 2.68 bits per heavy atom. The van der Waals surface area contributed by atoms with E-state index in [1.165, 1.54) is 11.8 Å². The zero-order chi connectivity index (χ0) is 15.7. The number of aromatic nitrogens is 3. The quantitative estimate of drug-likeness (QED) is 0.561. The summed E-state index contributed by atoms with van der Waals surface area (Å²) in [5.41, 5.74) is 7.67. The van der Waals surface area contributed by atoms with Crippen LogP contribution < -0.4 is 5.73 Å². The van der Waals surface area contributed by atoms with Crippen LogP contribution >= 0.6 is 27.7 Å². The number of primary amides is 1. The summed E-state index contributed by atoms with van der Waals surface area (Å²) in [6, 6.07) is 9.43. The molecule has 0 aliphatic rings. The number of hydrogen-bond donors (Lipinski definition) is 1. The molecule has 2 N–H and O–H groups in total. The summed E-state index contributed by atoms with van der Waals surface area (Å²) in [5, 5.41) is 1.36. The molecule has 3 rings (SSSR count). The van der Waals surface area contributed by atoms with E-state index in [4.69, 9.17) is 5.73 Å². The highest BCUT2D eigenvalue weighted by atomic mass is 79.9. The number of carbonyl (C=O) groups is 1. The van der Waals surface area contributed by atoms with Gasteiger partial charge >= 0.3 is 0 Å². The number of halogens is 1. The van der Waals surface area contributed by atoms with Crippen LogP contribution in [-0.4, -0.2) is 27.1 Å². The molecule has 7 heteroatoms. The molecule has 0 atom stereocenters. The van der Waals surface area contributed by atoms with Crippen LogP contribution in [0.4, 0.5) is 0 Å². The van der Waals surface area contributed by atoms with E-state index >= 15 is 0 Å². The number of rotatable bonds is 3. The van der Waals surface area contributed by atoms with Gasteiger partial charge in [0.05, 0.1) is 0 Å². The second kappa shape index (κ2) is 6.02. The average molecular weight is 375 g/mol. The van der Waals surface area contributed by atoms with E-state index < -0.39 is 5.91 Å². The van der Waals surface area contributed by atoms with E-state index in [9.17, 15) is 4.79 Å². The molecule has 0 radical (unpaired) electrons. The van der Waals surface area contributed by atoms with Gasteiger partial charge in [-0.1, -0.05) is 45.9 Å². The van der Waals surface area contributed by atoms with E-state index in [1.807, 2.05) is 36.6 Å². The summed E-state index contributed by atoms with van der Waals surface area (Å²) in [7, 11) is 0. The summed E-state index contributed by atoms with van der Waals surface area (Å²) >= 11 is 4.90. The number of amides is 1. The molecule has 0 bridgehead atoms. The van der Waals surface area contributed by atoms with Crippen LogP contribution in [0.1, 0.15) is 10.5 Å². The van der Waals surface area contributed by atoms with Crippen LogP contribution in [0, 0.1) is 0 Å². The average Bonchev–Trinajstić information content (AvgIpc) is 2.53. The highest BCUT2D eigenvalue weighted by Gasteiger charge is 2.16. The molecule has 0 unspecified atom stereocenters. The summed E-state index contributed by atoms with van der Waals surface area (Å²) in [6.07, 6.45) is 3.58. The lowest BCUT2D eigenvalue weighted by Crippen LogP contribution is -2.15. The van der Waals surface area contributed by atoms with Crippen molar-refractivity contribution in [2.45, 2.75) is 5.16 Å². The first-order valence-electron chi connectivity index (χ1n) is 6.36. The Bertz CT molecular complexity index is 885. The van der Waals surface area contributed by atoms with Gasteiger partial charge in [0.15, 0.2) is 10.8 Å². The number of nitrogens with two attached hydrogens (primary N) is 1. The fraction of sp³-hybridized carbons (Fsp3) is 0.0667. The highest BCUT2D eigenvalue weighted by Crippen LogP contribution is 2.31. The van der Waals surface area contributed by atoms with Gasteiger partial charge in [0.2, 0.25) is 0 Å². The van der Waals surface area contributed by atoms with Crippen molar-refractivity contribution in [2.75, 3.05) is 6.26 Å². The number of hydrogen-bond acceptors (Lipinski definition) is 5. The fourth-order valence-corrected chi connectivity index (χ4v) is 2.95. The molecule has 5 nitrogen and oxygen atoms in total. The standard InChI is InChI=1S/C15H11BrN4OS/c1-22-15-18-7-8-6-10(9-4-2-3-5-11(9)16)12(13(17)21)19-14(8)20-15/h2-7H,1H3,(H2,17,21). The molecule has 1 amide bonds. The second-order valence-electron chi connectivity index (χ2n) is 4.50. The summed E-state index contributed by atoms with van der Waals surface area (Å²) in [4.78, 5) is 24.7. The molecule has 3 aromatic rings. The first-order valence-corrected chi connectivity index (χ1v) is 8.38. The Labute approximate surface area is 139 Å². The molecule has 110 valence electrons. The molecule has 2 aromatic heterocycles. The van der Waals surface area contributed by atoms with Gasteiger partial charge < -0.3 is 5.73 Å². The maximum absolute atomic E-state index is 11.8. The largest absolute Gasteiger partial charge is 0.364 e. The minimum atomic E-state index is -0.586. The molecule has 0 spiro atoms. The third-order valence-corrected chi connectivity index (χ3v) is 4.38. The first kappa shape index (κ1) is 14.9. The molecule has 2 heterocycles. The van der Waals surface area contributed by atoms with Crippen molar-refractivity contribution in [3.05, 3.63) is 46.7 Å². The normalized spacial score (nSPS) is 10.8. The predicted octanol–water partition coefficient (Wildman–Crippen LogP) is 3.28. The van der Waals surface area contributed by atoms with E-state index in [0.29, 0.717) is 16.4 Å². The molecule has 0 saturated carbocycles. The van der Waals surface area contributed by atoms with Crippen molar-refractivity contribution in [1.82, 2.24) is 15.0 Å². The fourth-order valence-electron chi connectivity index (χ4n) is 2.12. The van der Waals surface area contributed by atoms with Gasteiger partial charge in [-0.25, -0.2) is 15.0 Å². The van der Waals surface area contributed by atoms with Gasteiger partial charge in [0.25, 0.3) is 5.91 Å². The van der Waals surface area contributed by atoms with Crippen molar-refractivity contribution >= 4 is 44.6 Å². The Hall–Kier alpha value is -1.99. The number of benzene rings is 1.